The molecular formula is C16H24N4O. The number of imidazole rings is 1. The minimum atomic E-state index is -0.0629. The molecule has 2 rings (SSSR count). The first-order valence-corrected chi connectivity index (χ1v) is 7.50. The predicted octanol–water partition coefficient (Wildman–Crippen LogP) is 2.42. The summed E-state index contributed by atoms with van der Waals surface area (Å²) in [7, 11) is 2.05. The van der Waals surface area contributed by atoms with Crippen LogP contribution >= 0.6 is 0 Å². The topological polar surface area (TPSA) is 50.2 Å². The van der Waals surface area contributed by atoms with Crippen LogP contribution in [0.5, 0.6) is 0 Å². The van der Waals surface area contributed by atoms with Crippen molar-refractivity contribution in [3.8, 4) is 0 Å². The molecule has 1 aromatic carbocycles. The van der Waals surface area contributed by atoms with Crippen molar-refractivity contribution in [2.24, 2.45) is 7.05 Å². The Morgan fingerprint density at radius 1 is 1.33 bits per heavy atom. The molecule has 1 amide bonds. The molecule has 0 fully saturated rings. The average molecular weight is 288 g/mol. The molecule has 0 bridgehead atoms. The second-order valence-electron chi connectivity index (χ2n) is 5.25. The average Bonchev–Trinajstić information content (AvgIpc) is 2.75. The van der Waals surface area contributed by atoms with Gasteiger partial charge in [-0.15, -0.1) is 0 Å². The smallest absolute Gasteiger partial charge is 0.221 e. The molecule has 5 heteroatoms. The molecule has 0 saturated carbocycles. The lowest BCUT2D eigenvalue weighted by molar-refractivity contribution is -0.114. The third-order valence-corrected chi connectivity index (χ3v) is 3.84. The summed E-state index contributed by atoms with van der Waals surface area (Å²) >= 11 is 0. The molecule has 1 N–H and O–H groups in total. The summed E-state index contributed by atoms with van der Waals surface area (Å²) < 4.78 is 2.14. The van der Waals surface area contributed by atoms with Gasteiger partial charge in [0.1, 0.15) is 5.82 Å². The van der Waals surface area contributed by atoms with Crippen LogP contribution in [0.3, 0.4) is 0 Å². The predicted molar refractivity (Wildman–Crippen MR) is 86.5 cm³/mol. The van der Waals surface area contributed by atoms with Crippen LogP contribution in [0.1, 0.15) is 26.6 Å². The lowest BCUT2D eigenvalue weighted by Crippen LogP contribution is -2.26. The minimum absolute atomic E-state index is 0.0629. The van der Waals surface area contributed by atoms with Crippen LogP contribution in [0.25, 0.3) is 11.0 Å². The van der Waals surface area contributed by atoms with Crippen molar-refractivity contribution in [1.82, 2.24) is 14.5 Å². The number of likely N-dealkylation sites (N-methyl/N-ethyl adjacent to an activating group) is 1. The second-order valence-corrected chi connectivity index (χ2v) is 5.25. The van der Waals surface area contributed by atoms with Crippen molar-refractivity contribution < 1.29 is 4.79 Å². The van der Waals surface area contributed by atoms with E-state index in [9.17, 15) is 4.79 Å². The minimum Gasteiger partial charge on any atom is -0.331 e. The number of fused-ring (bicyclic) bond motifs is 1. The lowest BCUT2D eigenvalue weighted by atomic mass is 10.2. The Hall–Kier alpha value is -1.88. The number of hydrogen-bond donors (Lipinski definition) is 1. The van der Waals surface area contributed by atoms with Crippen molar-refractivity contribution in [2.75, 3.05) is 25.0 Å². The Bertz CT molecular complexity index is 628. The molecule has 0 aliphatic carbocycles. The molecule has 0 atom stereocenters. The van der Waals surface area contributed by atoms with Gasteiger partial charge in [-0.3, -0.25) is 4.79 Å². The summed E-state index contributed by atoms with van der Waals surface area (Å²) in [6, 6.07) is 5.85. The quantitative estimate of drug-likeness (QED) is 0.888. The van der Waals surface area contributed by atoms with Crippen LogP contribution in [-0.2, 0) is 18.3 Å². The summed E-state index contributed by atoms with van der Waals surface area (Å²) in [5.74, 6) is 1.02. The van der Waals surface area contributed by atoms with Crippen molar-refractivity contribution in [3.05, 3.63) is 24.0 Å². The zero-order valence-corrected chi connectivity index (χ0v) is 13.3. The maximum Gasteiger partial charge on any atom is 0.221 e. The first-order chi connectivity index (χ1) is 10.0. The number of aromatic nitrogens is 2. The number of benzene rings is 1. The summed E-state index contributed by atoms with van der Waals surface area (Å²) in [5, 5.41) is 2.80. The molecule has 21 heavy (non-hydrogen) atoms. The number of nitrogens with one attached hydrogen (secondary N) is 1. The highest BCUT2D eigenvalue weighted by atomic mass is 16.1. The highest BCUT2D eigenvalue weighted by Crippen LogP contribution is 2.20. The third kappa shape index (κ3) is 3.61. The van der Waals surface area contributed by atoms with E-state index in [1.54, 1.807) is 0 Å². The molecule has 0 radical (unpaired) electrons. The number of carbonyl (C=O) groups is 1. The van der Waals surface area contributed by atoms with E-state index in [0.717, 1.165) is 48.6 Å². The second kappa shape index (κ2) is 6.72. The first-order valence-electron chi connectivity index (χ1n) is 7.50. The van der Waals surface area contributed by atoms with Gasteiger partial charge in [0.15, 0.2) is 0 Å². The Balaban J connectivity index is 2.21. The fourth-order valence-electron chi connectivity index (χ4n) is 2.55. The van der Waals surface area contributed by atoms with Crippen molar-refractivity contribution in [1.29, 1.82) is 0 Å². The van der Waals surface area contributed by atoms with Crippen LogP contribution in [0.15, 0.2) is 18.2 Å². The van der Waals surface area contributed by atoms with E-state index in [4.69, 9.17) is 4.98 Å². The summed E-state index contributed by atoms with van der Waals surface area (Å²) in [4.78, 5) is 18.2. The van der Waals surface area contributed by atoms with Crippen LogP contribution in [0.2, 0.25) is 0 Å². The molecule has 1 heterocycles. The van der Waals surface area contributed by atoms with Gasteiger partial charge in [-0.2, -0.15) is 0 Å². The fourth-order valence-corrected chi connectivity index (χ4v) is 2.55. The molecule has 0 unspecified atom stereocenters. The fraction of sp³-hybridized carbons (Fsp3) is 0.500. The number of aryl methyl sites for hydroxylation is 1. The zero-order chi connectivity index (χ0) is 15.4. The normalized spacial score (nSPS) is 11.3. The number of anilines is 1. The first kappa shape index (κ1) is 15.5. The SMILES string of the molecule is CCN(CC)CCc1nc2cc(NC(C)=O)ccc2n1C. The van der Waals surface area contributed by atoms with Crippen molar-refractivity contribution >= 4 is 22.6 Å². The molecule has 0 aliphatic heterocycles. The molecule has 5 nitrogen and oxygen atoms in total. The van der Waals surface area contributed by atoms with E-state index in [-0.39, 0.29) is 5.91 Å². The van der Waals surface area contributed by atoms with Crippen LogP contribution in [-0.4, -0.2) is 40.0 Å². The van der Waals surface area contributed by atoms with E-state index >= 15 is 0 Å². The van der Waals surface area contributed by atoms with Crippen LogP contribution < -0.4 is 5.32 Å². The zero-order valence-electron chi connectivity index (χ0n) is 13.3. The number of nitrogens with zero attached hydrogens (tertiary/aromatic N) is 3. The number of carbonyl (C=O) groups excluding carboxylic acids is 1. The molecule has 2 aromatic rings. The van der Waals surface area contributed by atoms with E-state index in [0.29, 0.717) is 0 Å². The molecule has 0 saturated heterocycles. The molecule has 0 aliphatic rings. The lowest BCUT2D eigenvalue weighted by Gasteiger charge is -2.17. The van der Waals surface area contributed by atoms with Crippen molar-refractivity contribution in [2.45, 2.75) is 27.2 Å². The third-order valence-electron chi connectivity index (χ3n) is 3.84. The van der Waals surface area contributed by atoms with Crippen LogP contribution in [0.4, 0.5) is 5.69 Å². The highest BCUT2D eigenvalue weighted by Gasteiger charge is 2.10. The Labute approximate surface area is 126 Å². The van der Waals surface area contributed by atoms with Gasteiger partial charge >= 0.3 is 0 Å². The Kier molecular flexibility index (Phi) is 4.96. The number of rotatable bonds is 6. The highest BCUT2D eigenvalue weighted by molar-refractivity contribution is 5.91. The molecular weight excluding hydrogens is 264 g/mol. The standard InChI is InChI=1S/C16H24N4O/c1-5-20(6-2)10-9-16-18-14-11-13(17-12(3)21)7-8-15(14)19(16)4/h7-8,11H,5-6,9-10H2,1-4H3,(H,17,21). The van der Waals surface area contributed by atoms with Gasteiger partial charge in [0.2, 0.25) is 5.91 Å². The van der Waals surface area contributed by atoms with Gasteiger partial charge in [0, 0.05) is 32.6 Å². The van der Waals surface area contributed by atoms with E-state index < -0.39 is 0 Å². The van der Waals surface area contributed by atoms with Gasteiger partial charge in [0.25, 0.3) is 0 Å². The monoisotopic (exact) mass is 288 g/mol. The van der Waals surface area contributed by atoms with E-state index in [1.165, 1.54) is 6.92 Å². The summed E-state index contributed by atoms with van der Waals surface area (Å²) in [6.07, 6.45) is 0.933. The van der Waals surface area contributed by atoms with Gasteiger partial charge in [-0.1, -0.05) is 13.8 Å². The Morgan fingerprint density at radius 2 is 2.05 bits per heavy atom. The summed E-state index contributed by atoms with van der Waals surface area (Å²) in [5.41, 5.74) is 2.82. The van der Waals surface area contributed by atoms with Gasteiger partial charge in [0.05, 0.1) is 11.0 Å². The van der Waals surface area contributed by atoms with Gasteiger partial charge < -0.3 is 14.8 Å². The van der Waals surface area contributed by atoms with Gasteiger partial charge in [-0.25, -0.2) is 4.98 Å². The Morgan fingerprint density at radius 3 is 2.67 bits per heavy atom. The summed E-state index contributed by atoms with van der Waals surface area (Å²) in [6.45, 7) is 9.01. The largest absolute Gasteiger partial charge is 0.331 e. The maximum absolute atomic E-state index is 11.1. The molecule has 1 aromatic heterocycles. The number of amides is 1. The van der Waals surface area contributed by atoms with Gasteiger partial charge in [-0.05, 0) is 31.3 Å². The van der Waals surface area contributed by atoms with E-state index in [1.807, 2.05) is 25.2 Å². The molecule has 0 spiro atoms. The number of hydrogen-bond acceptors (Lipinski definition) is 3. The van der Waals surface area contributed by atoms with E-state index in [2.05, 4.69) is 28.6 Å². The molecule has 114 valence electrons. The van der Waals surface area contributed by atoms with Crippen LogP contribution in [0, 0.1) is 0 Å². The van der Waals surface area contributed by atoms with Crippen molar-refractivity contribution in [3.63, 3.8) is 0 Å². The maximum atomic E-state index is 11.1.